The zero-order chi connectivity index (χ0) is 20.4. The summed E-state index contributed by atoms with van der Waals surface area (Å²) in [6, 6.07) is 22.1. The second-order valence-corrected chi connectivity index (χ2v) is 8.47. The lowest BCUT2D eigenvalue weighted by Gasteiger charge is -2.40. The van der Waals surface area contributed by atoms with E-state index in [2.05, 4.69) is 24.3 Å². The molecule has 1 fully saturated rings. The molecule has 1 aliphatic rings. The summed E-state index contributed by atoms with van der Waals surface area (Å²) in [7, 11) is 0. The van der Waals surface area contributed by atoms with Crippen LogP contribution in [0.3, 0.4) is 0 Å². The van der Waals surface area contributed by atoms with Crippen LogP contribution in [0.2, 0.25) is 0 Å². The molecule has 0 bridgehead atoms. The van der Waals surface area contributed by atoms with E-state index in [9.17, 15) is 20.4 Å². The molecule has 0 saturated carbocycles. The lowest BCUT2D eigenvalue weighted by molar-refractivity contribution is -0.231. The van der Waals surface area contributed by atoms with Gasteiger partial charge in [0.25, 0.3) is 0 Å². The third kappa shape index (κ3) is 4.28. The van der Waals surface area contributed by atoms with Gasteiger partial charge in [0.05, 0.1) is 6.61 Å². The first-order valence-corrected chi connectivity index (χ1v) is 10.4. The molecule has 152 valence electrons. The standard InChI is InChI=1S/C23H24O5S/c24-13-18-20(25)21(26)22(27)23(28-18)16-8-4-5-14(11-16)12-17-9-10-19(29-17)15-6-2-1-3-7-15/h1-11,18,20-27H,12-13H2/t18-,20-,21+,22-,23-/m0/s1. The van der Waals surface area contributed by atoms with Crippen LogP contribution in [0.15, 0.2) is 66.7 Å². The number of hydrogen-bond acceptors (Lipinski definition) is 6. The molecule has 0 amide bonds. The van der Waals surface area contributed by atoms with Crippen molar-refractivity contribution in [2.24, 2.45) is 0 Å². The molecule has 0 spiro atoms. The van der Waals surface area contributed by atoms with Crippen LogP contribution in [0.1, 0.15) is 22.1 Å². The van der Waals surface area contributed by atoms with E-state index in [1.807, 2.05) is 42.5 Å². The van der Waals surface area contributed by atoms with E-state index < -0.39 is 37.1 Å². The van der Waals surface area contributed by atoms with Crippen molar-refractivity contribution in [2.75, 3.05) is 6.61 Å². The summed E-state index contributed by atoms with van der Waals surface area (Å²) in [5.74, 6) is 0. The normalized spacial score (nSPS) is 27.1. The van der Waals surface area contributed by atoms with Crippen LogP contribution in [0, 0.1) is 0 Å². The van der Waals surface area contributed by atoms with E-state index in [-0.39, 0.29) is 0 Å². The predicted molar refractivity (Wildman–Crippen MR) is 112 cm³/mol. The SMILES string of the molecule is OC[C@@H]1O[C@@H](c2cccc(Cc3ccc(-c4ccccc4)s3)c2)[C@@H](O)[C@H](O)[C@H]1O. The van der Waals surface area contributed by atoms with Gasteiger partial charge in [-0.25, -0.2) is 0 Å². The van der Waals surface area contributed by atoms with Crippen LogP contribution in [-0.4, -0.2) is 51.4 Å². The van der Waals surface area contributed by atoms with Crippen molar-refractivity contribution < 1.29 is 25.2 Å². The van der Waals surface area contributed by atoms with Crippen molar-refractivity contribution in [1.82, 2.24) is 0 Å². The Bertz CT molecular complexity index is 939. The highest BCUT2D eigenvalue weighted by atomic mass is 32.1. The van der Waals surface area contributed by atoms with Crippen LogP contribution in [0.25, 0.3) is 10.4 Å². The first-order valence-electron chi connectivity index (χ1n) is 9.60. The number of thiophene rings is 1. The second kappa shape index (κ2) is 8.75. The number of aliphatic hydroxyl groups is 4. The Morgan fingerprint density at radius 2 is 1.62 bits per heavy atom. The lowest BCUT2D eigenvalue weighted by atomic mass is 9.90. The van der Waals surface area contributed by atoms with Gasteiger partial charge in [-0.05, 0) is 28.8 Å². The van der Waals surface area contributed by atoms with Crippen molar-refractivity contribution in [3.8, 4) is 10.4 Å². The third-order valence-corrected chi connectivity index (χ3v) is 6.40. The fourth-order valence-corrected chi connectivity index (χ4v) is 4.74. The van der Waals surface area contributed by atoms with Gasteiger partial charge in [0.2, 0.25) is 0 Å². The smallest absolute Gasteiger partial charge is 0.113 e. The van der Waals surface area contributed by atoms with Gasteiger partial charge in [-0.2, -0.15) is 0 Å². The summed E-state index contributed by atoms with van der Waals surface area (Å²) in [6.45, 7) is -0.432. The maximum absolute atomic E-state index is 10.4. The number of benzene rings is 2. The lowest BCUT2D eigenvalue weighted by Crippen LogP contribution is -2.55. The molecule has 1 aliphatic heterocycles. The second-order valence-electron chi connectivity index (χ2n) is 7.30. The molecule has 2 heterocycles. The zero-order valence-corrected chi connectivity index (χ0v) is 16.6. The average molecular weight is 413 g/mol. The zero-order valence-electron chi connectivity index (χ0n) is 15.8. The maximum atomic E-state index is 10.4. The van der Waals surface area contributed by atoms with Crippen molar-refractivity contribution in [3.63, 3.8) is 0 Å². The van der Waals surface area contributed by atoms with E-state index in [0.717, 1.165) is 12.0 Å². The Hall–Kier alpha value is -2.06. The molecule has 6 heteroatoms. The van der Waals surface area contributed by atoms with Crippen LogP contribution in [0.5, 0.6) is 0 Å². The third-order valence-electron chi connectivity index (χ3n) is 5.27. The maximum Gasteiger partial charge on any atom is 0.113 e. The summed E-state index contributed by atoms with van der Waals surface area (Å²) in [5.41, 5.74) is 2.96. The summed E-state index contributed by atoms with van der Waals surface area (Å²) in [4.78, 5) is 2.43. The van der Waals surface area contributed by atoms with Gasteiger partial charge in [0.15, 0.2) is 0 Å². The molecule has 0 aliphatic carbocycles. The molecule has 3 aromatic rings. The highest BCUT2D eigenvalue weighted by Gasteiger charge is 2.43. The Labute approximate surface area is 173 Å². The number of ether oxygens (including phenoxy) is 1. The Morgan fingerprint density at radius 1 is 0.828 bits per heavy atom. The monoisotopic (exact) mass is 412 g/mol. The van der Waals surface area contributed by atoms with Crippen LogP contribution in [0.4, 0.5) is 0 Å². The first kappa shape index (κ1) is 20.2. The molecule has 5 nitrogen and oxygen atoms in total. The quantitative estimate of drug-likeness (QED) is 0.517. The van der Waals surface area contributed by atoms with Crippen molar-refractivity contribution in [3.05, 3.63) is 82.7 Å². The molecule has 4 rings (SSSR count). The Morgan fingerprint density at radius 3 is 2.38 bits per heavy atom. The molecule has 4 N–H and O–H groups in total. The van der Waals surface area contributed by atoms with E-state index in [4.69, 9.17) is 4.74 Å². The minimum Gasteiger partial charge on any atom is -0.394 e. The molecule has 1 saturated heterocycles. The number of rotatable bonds is 5. The van der Waals surface area contributed by atoms with E-state index in [0.29, 0.717) is 5.56 Å². The highest BCUT2D eigenvalue weighted by molar-refractivity contribution is 7.15. The van der Waals surface area contributed by atoms with Crippen molar-refractivity contribution >= 4 is 11.3 Å². The van der Waals surface area contributed by atoms with Gasteiger partial charge in [-0.1, -0.05) is 54.6 Å². The topological polar surface area (TPSA) is 90.2 Å². The van der Waals surface area contributed by atoms with E-state index in [1.54, 1.807) is 11.3 Å². The van der Waals surface area contributed by atoms with Gasteiger partial charge < -0.3 is 25.2 Å². The van der Waals surface area contributed by atoms with Gasteiger partial charge in [0.1, 0.15) is 30.5 Å². The first-order chi connectivity index (χ1) is 14.1. The summed E-state index contributed by atoms with van der Waals surface area (Å²) in [6.07, 6.45) is -4.98. The van der Waals surface area contributed by atoms with Crippen molar-refractivity contribution in [1.29, 1.82) is 0 Å². The fraction of sp³-hybridized carbons (Fsp3) is 0.304. The summed E-state index contributed by atoms with van der Waals surface area (Å²) in [5, 5.41) is 39.8. The molecule has 2 aromatic carbocycles. The highest BCUT2D eigenvalue weighted by Crippen LogP contribution is 2.34. The molecular formula is C23H24O5S. The molecule has 29 heavy (non-hydrogen) atoms. The van der Waals surface area contributed by atoms with E-state index in [1.165, 1.54) is 15.3 Å². The Kier molecular flexibility index (Phi) is 6.10. The van der Waals surface area contributed by atoms with Crippen LogP contribution >= 0.6 is 11.3 Å². The summed E-state index contributed by atoms with van der Waals surface area (Å²) < 4.78 is 5.68. The van der Waals surface area contributed by atoms with Crippen LogP contribution in [-0.2, 0) is 11.2 Å². The van der Waals surface area contributed by atoms with Gasteiger partial charge >= 0.3 is 0 Å². The Balaban J connectivity index is 1.53. The molecule has 0 unspecified atom stereocenters. The average Bonchev–Trinajstić information content (AvgIpc) is 3.22. The molecule has 5 atom stereocenters. The van der Waals surface area contributed by atoms with Crippen molar-refractivity contribution in [2.45, 2.75) is 36.9 Å². The number of hydrogen-bond donors (Lipinski definition) is 4. The van der Waals surface area contributed by atoms with Gasteiger partial charge in [0, 0.05) is 16.2 Å². The van der Waals surface area contributed by atoms with E-state index >= 15 is 0 Å². The fourth-order valence-electron chi connectivity index (χ4n) is 3.69. The van der Waals surface area contributed by atoms with Gasteiger partial charge in [-0.3, -0.25) is 0 Å². The molecular weight excluding hydrogens is 388 g/mol. The molecule has 1 aromatic heterocycles. The largest absolute Gasteiger partial charge is 0.394 e. The predicted octanol–water partition coefficient (Wildman–Crippen LogP) is 2.52. The van der Waals surface area contributed by atoms with Gasteiger partial charge in [-0.15, -0.1) is 11.3 Å². The molecule has 0 radical (unpaired) electrons. The number of aliphatic hydroxyl groups excluding tert-OH is 4. The summed E-state index contributed by atoms with van der Waals surface area (Å²) >= 11 is 1.74. The minimum absolute atomic E-state index is 0.432. The minimum atomic E-state index is -1.37. The van der Waals surface area contributed by atoms with Crippen LogP contribution < -0.4 is 0 Å².